The molecule has 0 spiro atoms. The minimum absolute atomic E-state index is 0.280. The Bertz CT molecular complexity index is 315. The number of aliphatic carboxylic acids is 1. The number of nitrogens with zero attached hydrogens (tertiary/aromatic N) is 2. The molecule has 0 bridgehead atoms. The van der Waals surface area contributed by atoms with Crippen LogP contribution >= 0.6 is 23.3 Å². The van der Waals surface area contributed by atoms with Crippen LogP contribution in [0, 0.1) is 6.92 Å². The van der Waals surface area contributed by atoms with E-state index >= 15 is 0 Å². The van der Waals surface area contributed by atoms with E-state index in [2.05, 4.69) is 9.36 Å². The van der Waals surface area contributed by atoms with E-state index in [1.165, 1.54) is 11.5 Å². The maximum Gasteiger partial charge on any atom is 0.303 e. The summed E-state index contributed by atoms with van der Waals surface area (Å²) in [5.74, 6) is 1.12. The van der Waals surface area contributed by atoms with Crippen molar-refractivity contribution in [2.75, 3.05) is 5.75 Å². The molecule has 0 aliphatic heterocycles. The van der Waals surface area contributed by atoms with Crippen LogP contribution in [-0.4, -0.2) is 26.2 Å². The van der Waals surface area contributed by atoms with Crippen LogP contribution in [0.15, 0.2) is 4.34 Å². The molecular formula is C9H14N2O2S2. The molecular weight excluding hydrogens is 232 g/mol. The Kier molecular flexibility index (Phi) is 5.63. The molecule has 1 heterocycles. The molecule has 4 nitrogen and oxygen atoms in total. The van der Waals surface area contributed by atoms with Gasteiger partial charge in [0.15, 0.2) is 4.34 Å². The zero-order valence-electron chi connectivity index (χ0n) is 8.60. The highest BCUT2D eigenvalue weighted by molar-refractivity contribution is 8.00. The lowest BCUT2D eigenvalue weighted by Gasteiger charge is -1.97. The highest BCUT2D eigenvalue weighted by Crippen LogP contribution is 2.21. The number of thioether (sulfide) groups is 1. The second kappa shape index (κ2) is 6.79. The number of hydrogen-bond donors (Lipinski definition) is 1. The number of carboxylic acids is 1. The number of aryl methyl sites for hydroxylation is 1. The second-order valence-corrected chi connectivity index (χ2v) is 5.25. The van der Waals surface area contributed by atoms with Crippen LogP contribution in [0.4, 0.5) is 0 Å². The zero-order chi connectivity index (χ0) is 11.1. The van der Waals surface area contributed by atoms with Gasteiger partial charge in [-0.05, 0) is 31.3 Å². The van der Waals surface area contributed by atoms with E-state index in [9.17, 15) is 4.79 Å². The molecule has 1 aromatic rings. The molecule has 15 heavy (non-hydrogen) atoms. The Labute approximate surface area is 97.3 Å². The minimum atomic E-state index is -0.706. The fourth-order valence-corrected chi connectivity index (χ4v) is 2.77. The summed E-state index contributed by atoms with van der Waals surface area (Å²) in [6, 6.07) is 0. The van der Waals surface area contributed by atoms with Crippen LogP contribution < -0.4 is 0 Å². The standard InChI is InChI=1S/C9H14N2O2S2/c1-7-10-9(15-11-7)14-6-4-2-3-5-8(12)13/h2-6H2,1H3,(H,12,13). The number of carboxylic acid groups (broad SMARTS) is 1. The lowest BCUT2D eigenvalue weighted by Crippen LogP contribution is -1.93. The number of hydrogen-bond acceptors (Lipinski definition) is 5. The van der Waals surface area contributed by atoms with Crippen LogP contribution in [0.25, 0.3) is 0 Å². The van der Waals surface area contributed by atoms with Crippen LogP contribution in [0.5, 0.6) is 0 Å². The van der Waals surface area contributed by atoms with Crippen molar-refractivity contribution in [3.05, 3.63) is 5.82 Å². The Morgan fingerprint density at radius 3 is 2.87 bits per heavy atom. The van der Waals surface area contributed by atoms with E-state index < -0.39 is 5.97 Å². The Hall–Kier alpha value is -0.620. The van der Waals surface area contributed by atoms with Gasteiger partial charge in [0.25, 0.3) is 0 Å². The van der Waals surface area contributed by atoms with Gasteiger partial charge in [0.2, 0.25) is 0 Å². The van der Waals surface area contributed by atoms with E-state index in [0.29, 0.717) is 0 Å². The van der Waals surface area contributed by atoms with E-state index in [1.807, 2.05) is 6.92 Å². The van der Waals surface area contributed by atoms with Crippen molar-refractivity contribution in [2.45, 2.75) is 36.9 Å². The summed E-state index contributed by atoms with van der Waals surface area (Å²) in [5, 5.41) is 8.43. The Balaban J connectivity index is 2.00. The molecule has 84 valence electrons. The van der Waals surface area contributed by atoms with Crippen molar-refractivity contribution in [3.8, 4) is 0 Å². The van der Waals surface area contributed by atoms with Gasteiger partial charge in [-0.2, -0.15) is 4.37 Å². The third-order valence-corrected chi connectivity index (χ3v) is 3.78. The van der Waals surface area contributed by atoms with Gasteiger partial charge in [-0.3, -0.25) is 4.79 Å². The summed E-state index contributed by atoms with van der Waals surface area (Å²) >= 11 is 3.12. The molecule has 0 saturated carbocycles. The van der Waals surface area contributed by atoms with E-state index in [-0.39, 0.29) is 6.42 Å². The molecule has 0 unspecified atom stereocenters. The summed E-state index contributed by atoms with van der Waals surface area (Å²) in [7, 11) is 0. The summed E-state index contributed by atoms with van der Waals surface area (Å²) in [6.45, 7) is 1.88. The average molecular weight is 246 g/mol. The molecule has 6 heteroatoms. The summed E-state index contributed by atoms with van der Waals surface area (Å²) in [5.41, 5.74) is 0. The smallest absolute Gasteiger partial charge is 0.303 e. The van der Waals surface area contributed by atoms with Gasteiger partial charge in [0, 0.05) is 12.2 Å². The van der Waals surface area contributed by atoms with Gasteiger partial charge in [0.05, 0.1) is 0 Å². The molecule has 0 aliphatic rings. The average Bonchev–Trinajstić information content (AvgIpc) is 2.57. The fourth-order valence-electron chi connectivity index (χ4n) is 1.05. The Morgan fingerprint density at radius 1 is 1.47 bits per heavy atom. The second-order valence-electron chi connectivity index (χ2n) is 3.16. The van der Waals surface area contributed by atoms with Crippen LogP contribution in [0.3, 0.4) is 0 Å². The first-order valence-electron chi connectivity index (χ1n) is 4.83. The van der Waals surface area contributed by atoms with Gasteiger partial charge >= 0.3 is 5.97 Å². The van der Waals surface area contributed by atoms with Crippen LogP contribution in [0.2, 0.25) is 0 Å². The SMILES string of the molecule is Cc1nsc(SCCCCCC(=O)O)n1. The number of unbranched alkanes of at least 4 members (excludes halogenated alkanes) is 2. The number of carbonyl (C=O) groups is 1. The molecule has 0 amide bonds. The topological polar surface area (TPSA) is 63.1 Å². The quantitative estimate of drug-likeness (QED) is 0.592. The third kappa shape index (κ3) is 5.74. The van der Waals surface area contributed by atoms with Crippen molar-refractivity contribution in [1.29, 1.82) is 0 Å². The van der Waals surface area contributed by atoms with Crippen molar-refractivity contribution < 1.29 is 9.90 Å². The highest BCUT2D eigenvalue weighted by atomic mass is 32.2. The lowest BCUT2D eigenvalue weighted by molar-refractivity contribution is -0.137. The van der Waals surface area contributed by atoms with Crippen LogP contribution in [-0.2, 0) is 4.79 Å². The van der Waals surface area contributed by atoms with Gasteiger partial charge in [-0.1, -0.05) is 18.2 Å². The summed E-state index contributed by atoms with van der Waals surface area (Å²) in [4.78, 5) is 14.5. The van der Waals surface area contributed by atoms with E-state index in [4.69, 9.17) is 5.11 Å². The van der Waals surface area contributed by atoms with Crippen molar-refractivity contribution in [1.82, 2.24) is 9.36 Å². The monoisotopic (exact) mass is 246 g/mol. The summed E-state index contributed by atoms with van der Waals surface area (Å²) in [6.07, 6.45) is 3.06. The maximum absolute atomic E-state index is 10.2. The van der Waals surface area contributed by atoms with Gasteiger partial charge < -0.3 is 5.11 Å². The lowest BCUT2D eigenvalue weighted by atomic mass is 10.2. The maximum atomic E-state index is 10.2. The predicted octanol–water partition coefficient (Wildman–Crippen LogP) is 2.58. The molecule has 0 saturated heterocycles. The summed E-state index contributed by atoms with van der Waals surface area (Å²) < 4.78 is 5.09. The van der Waals surface area contributed by atoms with Crippen molar-refractivity contribution in [2.24, 2.45) is 0 Å². The van der Waals surface area contributed by atoms with E-state index in [0.717, 1.165) is 35.2 Å². The molecule has 1 rings (SSSR count). The molecule has 0 aliphatic carbocycles. The third-order valence-electron chi connectivity index (χ3n) is 1.77. The molecule has 0 fully saturated rings. The number of rotatable bonds is 7. The largest absolute Gasteiger partial charge is 0.481 e. The molecule has 0 radical (unpaired) electrons. The normalized spacial score (nSPS) is 10.5. The molecule has 0 atom stereocenters. The first-order valence-corrected chi connectivity index (χ1v) is 6.59. The first-order chi connectivity index (χ1) is 7.18. The van der Waals surface area contributed by atoms with Crippen LogP contribution in [0.1, 0.15) is 31.5 Å². The predicted molar refractivity (Wildman–Crippen MR) is 61.5 cm³/mol. The molecule has 1 N–H and O–H groups in total. The van der Waals surface area contributed by atoms with Gasteiger partial charge in [0.1, 0.15) is 5.82 Å². The van der Waals surface area contributed by atoms with Crippen molar-refractivity contribution in [3.63, 3.8) is 0 Å². The highest BCUT2D eigenvalue weighted by Gasteiger charge is 2.01. The molecule has 0 aromatic carbocycles. The fraction of sp³-hybridized carbons (Fsp3) is 0.667. The first kappa shape index (κ1) is 12.4. The van der Waals surface area contributed by atoms with Gasteiger partial charge in [-0.25, -0.2) is 4.98 Å². The van der Waals surface area contributed by atoms with E-state index in [1.54, 1.807) is 11.8 Å². The number of aromatic nitrogens is 2. The minimum Gasteiger partial charge on any atom is -0.481 e. The Morgan fingerprint density at radius 2 is 2.27 bits per heavy atom. The zero-order valence-corrected chi connectivity index (χ0v) is 10.2. The van der Waals surface area contributed by atoms with Crippen molar-refractivity contribution >= 4 is 29.3 Å². The van der Waals surface area contributed by atoms with Gasteiger partial charge in [-0.15, -0.1) is 0 Å². The molecule has 1 aromatic heterocycles.